The molecule has 0 saturated carbocycles. The lowest BCUT2D eigenvalue weighted by Crippen LogP contribution is -2.01. The van der Waals surface area contributed by atoms with Crippen molar-refractivity contribution in [2.24, 2.45) is 0 Å². The Hall–Kier alpha value is -0.800. The van der Waals surface area contributed by atoms with E-state index in [1.165, 1.54) is 6.92 Å². The Balaban J connectivity index is 2.31. The number of phenols is 1. The normalized spacial score (nSPS) is 10.3. The molecular formula is C14H9Br2IO4. The van der Waals surface area contributed by atoms with E-state index in [4.69, 9.17) is 9.47 Å². The van der Waals surface area contributed by atoms with Crippen molar-refractivity contribution in [3.63, 3.8) is 0 Å². The second-order valence-corrected chi connectivity index (χ2v) is 6.90. The summed E-state index contributed by atoms with van der Waals surface area (Å²) in [4.78, 5) is 11.0. The number of phenolic OH excluding ortho intramolecular Hbond substituents is 1. The fourth-order valence-corrected chi connectivity index (χ4v) is 3.32. The summed E-state index contributed by atoms with van der Waals surface area (Å²) in [6.45, 7) is 1.34. The van der Waals surface area contributed by atoms with E-state index in [-0.39, 0.29) is 5.75 Å². The number of esters is 1. The summed E-state index contributed by atoms with van der Waals surface area (Å²) in [6.07, 6.45) is 0. The van der Waals surface area contributed by atoms with E-state index in [2.05, 4.69) is 31.9 Å². The zero-order valence-electron chi connectivity index (χ0n) is 10.7. The average Bonchev–Trinajstić information content (AvgIpc) is 2.37. The van der Waals surface area contributed by atoms with Crippen LogP contribution in [0.15, 0.2) is 39.3 Å². The minimum absolute atomic E-state index is 0.200. The smallest absolute Gasteiger partial charge is 0.308 e. The molecule has 0 aliphatic rings. The highest BCUT2D eigenvalue weighted by atomic mass is 127. The maximum Gasteiger partial charge on any atom is 0.308 e. The molecule has 110 valence electrons. The fourth-order valence-electron chi connectivity index (χ4n) is 1.53. The van der Waals surface area contributed by atoms with Crippen molar-refractivity contribution in [3.8, 4) is 23.0 Å². The van der Waals surface area contributed by atoms with E-state index in [1.807, 2.05) is 22.6 Å². The summed E-state index contributed by atoms with van der Waals surface area (Å²) in [7, 11) is 0. The molecule has 0 unspecified atom stereocenters. The van der Waals surface area contributed by atoms with Crippen LogP contribution in [0.25, 0.3) is 0 Å². The monoisotopic (exact) mass is 526 g/mol. The second kappa shape index (κ2) is 6.97. The van der Waals surface area contributed by atoms with E-state index >= 15 is 0 Å². The molecule has 0 aliphatic heterocycles. The van der Waals surface area contributed by atoms with Crippen molar-refractivity contribution in [3.05, 3.63) is 42.8 Å². The van der Waals surface area contributed by atoms with Gasteiger partial charge in [-0.2, -0.15) is 0 Å². The van der Waals surface area contributed by atoms with Gasteiger partial charge in [0.05, 0.1) is 12.5 Å². The van der Waals surface area contributed by atoms with Crippen LogP contribution in [0, 0.1) is 3.57 Å². The van der Waals surface area contributed by atoms with Gasteiger partial charge in [-0.1, -0.05) is 0 Å². The number of carbonyl (C=O) groups excluding carboxylic acids is 1. The predicted molar refractivity (Wildman–Crippen MR) is 94.0 cm³/mol. The number of hydrogen-bond donors (Lipinski definition) is 1. The van der Waals surface area contributed by atoms with Gasteiger partial charge in [0.1, 0.15) is 17.2 Å². The van der Waals surface area contributed by atoms with Crippen LogP contribution in [-0.4, -0.2) is 11.1 Å². The number of halogens is 3. The highest BCUT2D eigenvalue weighted by Gasteiger charge is 2.12. The van der Waals surface area contributed by atoms with Crippen LogP contribution >= 0.6 is 54.5 Å². The number of ether oxygens (including phenoxy) is 2. The van der Waals surface area contributed by atoms with E-state index in [1.54, 1.807) is 30.3 Å². The Morgan fingerprint density at radius 1 is 1.14 bits per heavy atom. The first-order chi connectivity index (χ1) is 9.86. The van der Waals surface area contributed by atoms with Gasteiger partial charge in [0.2, 0.25) is 0 Å². The maximum atomic E-state index is 11.0. The lowest BCUT2D eigenvalue weighted by Gasteiger charge is -2.12. The third kappa shape index (κ3) is 4.33. The molecule has 0 aliphatic carbocycles. The minimum Gasteiger partial charge on any atom is -0.507 e. The van der Waals surface area contributed by atoms with Crippen molar-refractivity contribution >= 4 is 60.4 Å². The van der Waals surface area contributed by atoms with E-state index in [9.17, 15) is 9.90 Å². The number of carbonyl (C=O) groups is 1. The van der Waals surface area contributed by atoms with Gasteiger partial charge in [0.25, 0.3) is 0 Å². The van der Waals surface area contributed by atoms with Crippen molar-refractivity contribution in [2.45, 2.75) is 6.92 Å². The standard InChI is InChI=1S/C14H9Br2IO4/c1-7(18)20-9-4-10(15)14(11(16)5-9)21-8-2-3-13(19)12(17)6-8/h2-6,19H,1H3. The Morgan fingerprint density at radius 2 is 1.76 bits per heavy atom. The van der Waals surface area contributed by atoms with Crippen LogP contribution in [0.5, 0.6) is 23.0 Å². The third-order valence-electron chi connectivity index (χ3n) is 2.37. The first-order valence-corrected chi connectivity index (χ1v) is 8.37. The Morgan fingerprint density at radius 3 is 2.29 bits per heavy atom. The highest BCUT2D eigenvalue weighted by Crippen LogP contribution is 2.40. The largest absolute Gasteiger partial charge is 0.507 e. The molecule has 0 radical (unpaired) electrons. The van der Waals surface area contributed by atoms with E-state index < -0.39 is 5.97 Å². The first kappa shape index (κ1) is 16.6. The molecule has 1 N–H and O–H groups in total. The van der Waals surface area contributed by atoms with Gasteiger partial charge < -0.3 is 14.6 Å². The molecule has 0 aromatic heterocycles. The van der Waals surface area contributed by atoms with Crippen molar-refractivity contribution < 1.29 is 19.4 Å². The number of benzene rings is 2. The predicted octanol–water partition coefficient (Wildman–Crippen LogP) is 5.24. The van der Waals surface area contributed by atoms with E-state index in [0.29, 0.717) is 29.8 Å². The van der Waals surface area contributed by atoms with Crippen LogP contribution in [-0.2, 0) is 4.79 Å². The molecule has 0 amide bonds. The Labute approximate surface area is 151 Å². The summed E-state index contributed by atoms with van der Waals surface area (Å²) < 4.78 is 12.8. The molecule has 2 aromatic rings. The summed E-state index contributed by atoms with van der Waals surface area (Å²) in [5.41, 5.74) is 0. The summed E-state index contributed by atoms with van der Waals surface area (Å²) >= 11 is 8.78. The van der Waals surface area contributed by atoms with Gasteiger partial charge in [-0.25, -0.2) is 0 Å². The molecule has 2 aromatic carbocycles. The molecule has 4 nitrogen and oxygen atoms in total. The third-order valence-corrected chi connectivity index (χ3v) is 4.41. The molecule has 0 fully saturated rings. The highest BCUT2D eigenvalue weighted by molar-refractivity contribution is 14.1. The van der Waals surface area contributed by atoms with Crippen LogP contribution in [0.2, 0.25) is 0 Å². The summed E-state index contributed by atoms with van der Waals surface area (Å²) in [5.74, 6) is 1.35. The average molecular weight is 528 g/mol. The zero-order valence-corrected chi connectivity index (χ0v) is 16.0. The molecule has 21 heavy (non-hydrogen) atoms. The van der Waals surface area contributed by atoms with Gasteiger partial charge in [-0.3, -0.25) is 4.79 Å². The number of aromatic hydroxyl groups is 1. The van der Waals surface area contributed by atoms with Gasteiger partial charge in [0, 0.05) is 6.92 Å². The van der Waals surface area contributed by atoms with Crippen LogP contribution in [0.3, 0.4) is 0 Å². The first-order valence-electron chi connectivity index (χ1n) is 5.70. The Kier molecular flexibility index (Phi) is 5.50. The van der Waals surface area contributed by atoms with Crippen molar-refractivity contribution in [1.29, 1.82) is 0 Å². The molecular weight excluding hydrogens is 519 g/mol. The molecule has 0 saturated heterocycles. The van der Waals surface area contributed by atoms with Gasteiger partial charge in [-0.15, -0.1) is 0 Å². The zero-order chi connectivity index (χ0) is 15.6. The number of hydrogen-bond acceptors (Lipinski definition) is 4. The van der Waals surface area contributed by atoms with Crippen LogP contribution in [0.1, 0.15) is 6.92 Å². The molecule has 7 heteroatoms. The van der Waals surface area contributed by atoms with Crippen LogP contribution in [0.4, 0.5) is 0 Å². The maximum absolute atomic E-state index is 11.0. The molecule has 0 bridgehead atoms. The Bertz CT molecular complexity index is 680. The second-order valence-electron chi connectivity index (χ2n) is 4.02. The number of rotatable bonds is 3. The van der Waals surface area contributed by atoms with Crippen molar-refractivity contribution in [2.75, 3.05) is 0 Å². The van der Waals surface area contributed by atoms with Gasteiger partial charge in [0.15, 0.2) is 5.75 Å². The molecule has 0 spiro atoms. The van der Waals surface area contributed by atoms with Gasteiger partial charge in [-0.05, 0) is 84.8 Å². The summed E-state index contributed by atoms with van der Waals surface area (Å²) in [5, 5.41) is 9.51. The summed E-state index contributed by atoms with van der Waals surface area (Å²) in [6, 6.07) is 8.23. The quantitative estimate of drug-likeness (QED) is 0.337. The fraction of sp³-hybridized carbons (Fsp3) is 0.0714. The molecule has 0 atom stereocenters. The molecule has 2 rings (SSSR count). The topological polar surface area (TPSA) is 55.8 Å². The lowest BCUT2D eigenvalue weighted by molar-refractivity contribution is -0.131. The lowest BCUT2D eigenvalue weighted by atomic mass is 10.3. The van der Waals surface area contributed by atoms with Crippen LogP contribution < -0.4 is 9.47 Å². The molecule has 0 heterocycles. The van der Waals surface area contributed by atoms with Gasteiger partial charge >= 0.3 is 5.97 Å². The van der Waals surface area contributed by atoms with Crippen molar-refractivity contribution in [1.82, 2.24) is 0 Å². The van der Waals surface area contributed by atoms with E-state index in [0.717, 1.165) is 0 Å². The SMILES string of the molecule is CC(=O)Oc1cc(Br)c(Oc2ccc(O)c(I)c2)c(Br)c1. The minimum atomic E-state index is -0.393.